The van der Waals surface area contributed by atoms with Crippen molar-refractivity contribution in [2.24, 2.45) is 29.6 Å². The molecule has 2 nitrogen and oxygen atoms in total. The Hall–Kier alpha value is -12.9. The molecule has 2 heteroatoms. The van der Waals surface area contributed by atoms with E-state index in [0.29, 0.717) is 29.6 Å². The summed E-state index contributed by atoms with van der Waals surface area (Å²) >= 11 is 0. The Kier molecular flexibility index (Phi) is 17.3. The van der Waals surface area contributed by atoms with Gasteiger partial charge in [0.1, 0.15) is 0 Å². The number of para-hydroxylation sites is 1. The van der Waals surface area contributed by atoms with Crippen LogP contribution in [0.25, 0.3) is 44.2 Å². The molecule has 0 aliphatic heterocycles. The minimum Gasteiger partial charge on any atom is -0.310 e. The van der Waals surface area contributed by atoms with Gasteiger partial charge >= 0.3 is 0 Å². The van der Waals surface area contributed by atoms with E-state index < -0.39 is 10.8 Å². The van der Waals surface area contributed by atoms with E-state index in [2.05, 4.69) is 439 Å². The van der Waals surface area contributed by atoms with Gasteiger partial charge in [-0.1, -0.05) is 369 Å². The summed E-state index contributed by atoms with van der Waals surface area (Å²) in [5.41, 5.74) is 35.7. The first-order valence-electron chi connectivity index (χ1n) is 46.4. The Labute approximate surface area is 738 Å². The second-order valence-corrected chi connectivity index (χ2v) is 39.3. The van der Waals surface area contributed by atoms with Crippen LogP contribution < -0.4 is 9.80 Å². The van der Waals surface area contributed by atoms with Crippen LogP contribution in [0.15, 0.2) is 395 Å². The maximum Gasteiger partial charge on any atom is 0.0708 e. The molecule has 608 valence electrons. The van der Waals surface area contributed by atoms with E-state index in [1.807, 2.05) is 0 Å². The number of anilines is 6. The van der Waals surface area contributed by atoms with Crippen LogP contribution in [0.2, 0.25) is 0 Å². The highest BCUT2D eigenvalue weighted by atomic mass is 15.2. The monoisotopic (exact) mass is 1610 g/mol. The molecule has 0 saturated heterocycles. The van der Waals surface area contributed by atoms with Crippen molar-refractivity contribution in [3.63, 3.8) is 0 Å². The van der Waals surface area contributed by atoms with Crippen LogP contribution in [0.1, 0.15) is 193 Å². The van der Waals surface area contributed by atoms with Crippen LogP contribution in [-0.2, 0) is 37.9 Å². The quantitative estimate of drug-likeness (QED) is 0.106. The first kappa shape index (κ1) is 75.8. The fraction of sp³-hybridized carbons (Fsp3) is 0.220. The van der Waals surface area contributed by atoms with Gasteiger partial charge in [-0.2, -0.15) is 0 Å². The lowest BCUT2D eigenvalue weighted by Gasteiger charge is -2.61. The molecule has 9 aliphatic rings. The highest BCUT2D eigenvalue weighted by molar-refractivity contribution is 5.96. The molecule has 0 amide bonds. The van der Waals surface area contributed by atoms with Crippen molar-refractivity contribution in [3.05, 3.63) is 489 Å². The fourth-order valence-corrected chi connectivity index (χ4v) is 28.0. The Morgan fingerprint density at radius 1 is 0.304 bits per heavy atom. The maximum atomic E-state index is 4.52. The van der Waals surface area contributed by atoms with Crippen molar-refractivity contribution in [1.29, 1.82) is 0 Å². The molecule has 16 aromatic carbocycles. The molecule has 0 N–H and O–H groups in total. The molecular weight excluding hydrogens is 1510 g/mol. The molecule has 9 aliphatic carbocycles. The molecule has 16 aromatic rings. The van der Waals surface area contributed by atoms with E-state index in [0.717, 1.165) is 67.7 Å². The van der Waals surface area contributed by atoms with E-state index in [-0.39, 0.29) is 27.1 Å². The third kappa shape index (κ3) is 10.7. The molecule has 5 fully saturated rings. The number of nitrogens with zero attached hydrogens (tertiary/aromatic N) is 2. The van der Waals surface area contributed by atoms with Crippen LogP contribution in [0, 0.1) is 29.6 Å². The van der Waals surface area contributed by atoms with E-state index in [1.54, 1.807) is 0 Å². The van der Waals surface area contributed by atoms with Gasteiger partial charge in [0, 0.05) is 55.7 Å². The lowest BCUT2D eigenvalue weighted by molar-refractivity contribution is 0.0575. The van der Waals surface area contributed by atoms with E-state index in [9.17, 15) is 0 Å². The average Bonchev–Trinajstić information content (AvgIpc) is 1.50. The van der Waals surface area contributed by atoms with Gasteiger partial charge in [0.05, 0.1) is 16.5 Å². The SMILES string of the molecule is C=C[C@@H]1C[C@H]2CCC[C@@H](C1)C21c2ccccc2C(c2ccccc2)(c2ccccc2)c2cc(N(c3ccc4c(c3)C(C)(C)c3ccccc3-4)c3ccc4c(C56CCC[C@H](C[C@H]5C)C5(C6)c6ccccc6C(c6ccccc6)(c6ccccc6)c6cc(N(c7ccc8c(c7)C(C)(C)c7ccccc7-8)c7ccccc7-c7ccccc7)ccc65)cccc4c3)ccc21. The first-order chi connectivity index (χ1) is 61.3. The van der Waals surface area contributed by atoms with Crippen molar-refractivity contribution in [2.45, 2.75) is 137 Å². The second-order valence-electron chi connectivity index (χ2n) is 39.3. The van der Waals surface area contributed by atoms with Crippen molar-refractivity contribution < 1.29 is 0 Å². The second kappa shape index (κ2) is 28.6. The van der Waals surface area contributed by atoms with E-state index in [1.165, 1.54) is 169 Å². The summed E-state index contributed by atoms with van der Waals surface area (Å²) in [5, 5.41) is 2.63. The van der Waals surface area contributed by atoms with Gasteiger partial charge in [0.25, 0.3) is 0 Å². The zero-order valence-electron chi connectivity index (χ0n) is 72.5. The third-order valence-electron chi connectivity index (χ3n) is 33.2. The minimum atomic E-state index is -0.717. The predicted octanol–water partition coefficient (Wildman–Crippen LogP) is 31.2. The zero-order valence-corrected chi connectivity index (χ0v) is 72.5. The summed E-state index contributed by atoms with van der Waals surface area (Å²) in [7, 11) is 0. The van der Waals surface area contributed by atoms with Crippen LogP contribution in [0.5, 0.6) is 0 Å². The maximum absolute atomic E-state index is 4.52. The van der Waals surface area contributed by atoms with Gasteiger partial charge in [-0.15, -0.1) is 6.58 Å². The first-order valence-corrected chi connectivity index (χ1v) is 46.4. The Morgan fingerprint density at radius 3 is 1.25 bits per heavy atom. The standard InChI is InChI=1S/C123H106N2/c1-7-82-73-90-47-34-48-91(74-82)123(90)110-58-31-30-57-109(110)122(87-43-19-11-20-44-87,88-45-21-12-22-46-88)115-78-94(65-70-111(115)123)124(93-62-67-101-99-51-23-26-53-103(99)117(3,4)112(101)76-93)92-61-66-97-84(75-92)38-33-59-105(97)119-71-35-49-89(72-81(119)2)120(80-119)106-55-28-29-56-108(106)121(85-39-15-9-16-40-85,86-41-17-10-18-42-86)114-79-96(64-69-107(114)120)125(116-60-32-25-50-98(116)83-36-13-8-14-37-83)95-63-68-102-100-52-24-27-54-104(100)118(5,6)113(102)77-95/h7-33,36-46,50-70,75-79,81-82,89-91H,1,34-35,47-49,71-74,80H2,2-6H3/t81-,82-,89-,90-,91+,119?,120?,123?/m1/s1. The zero-order chi connectivity index (χ0) is 83.8. The Morgan fingerprint density at radius 2 is 0.696 bits per heavy atom. The third-order valence-corrected chi connectivity index (χ3v) is 33.2. The van der Waals surface area contributed by atoms with Gasteiger partial charge in [-0.25, -0.2) is 0 Å². The molecule has 2 spiro atoms. The summed E-state index contributed by atoms with van der Waals surface area (Å²) in [6.45, 7) is 16.9. The highest BCUT2D eigenvalue weighted by Crippen LogP contribution is 2.71. The minimum absolute atomic E-state index is 0.182. The van der Waals surface area contributed by atoms with Crippen LogP contribution in [0.3, 0.4) is 0 Å². The molecule has 0 aromatic heterocycles. The Bertz CT molecular complexity index is 6880. The molecule has 8 atom stereocenters. The van der Waals surface area contributed by atoms with Gasteiger partial charge in [0.15, 0.2) is 0 Å². The summed E-state index contributed by atoms with van der Waals surface area (Å²) in [6.07, 6.45) is 13.8. The fourth-order valence-electron chi connectivity index (χ4n) is 28.0. The van der Waals surface area contributed by atoms with Crippen LogP contribution in [0.4, 0.5) is 34.1 Å². The molecule has 25 rings (SSSR count). The number of hydrogen-bond donors (Lipinski definition) is 0. The summed E-state index contributed by atoms with van der Waals surface area (Å²) < 4.78 is 0. The van der Waals surface area contributed by atoms with Gasteiger partial charge in [-0.05, 0) is 286 Å². The summed E-state index contributed by atoms with van der Waals surface area (Å²) in [6, 6.07) is 151. The number of fused-ring (bicyclic) bond motifs is 14. The highest BCUT2D eigenvalue weighted by Gasteiger charge is 2.64. The smallest absolute Gasteiger partial charge is 0.0708 e. The van der Waals surface area contributed by atoms with Gasteiger partial charge < -0.3 is 9.80 Å². The molecule has 0 radical (unpaired) electrons. The van der Waals surface area contributed by atoms with Gasteiger partial charge in [-0.3, -0.25) is 0 Å². The molecule has 125 heavy (non-hydrogen) atoms. The van der Waals surface area contributed by atoms with Crippen molar-refractivity contribution in [2.75, 3.05) is 9.80 Å². The van der Waals surface area contributed by atoms with Gasteiger partial charge in [0.2, 0.25) is 0 Å². The predicted molar refractivity (Wildman–Crippen MR) is 520 cm³/mol. The van der Waals surface area contributed by atoms with E-state index in [4.69, 9.17) is 0 Å². The number of allylic oxidation sites excluding steroid dienone is 1. The normalized spacial score (nSPS) is 22.9. The summed E-state index contributed by atoms with van der Waals surface area (Å²) in [5.74, 6) is 2.18. The summed E-state index contributed by atoms with van der Waals surface area (Å²) in [4.78, 5) is 5.29. The lowest BCUT2D eigenvalue weighted by Crippen LogP contribution is -2.55. The molecule has 4 bridgehead atoms. The largest absolute Gasteiger partial charge is 0.310 e. The number of rotatable bonds is 13. The van der Waals surface area contributed by atoms with Crippen molar-refractivity contribution in [1.82, 2.24) is 0 Å². The van der Waals surface area contributed by atoms with Crippen molar-refractivity contribution in [3.8, 4) is 33.4 Å². The Balaban J connectivity index is 0.718. The number of benzene rings is 16. The topological polar surface area (TPSA) is 6.48 Å². The average molecular weight is 1610 g/mol. The molecule has 5 saturated carbocycles. The van der Waals surface area contributed by atoms with E-state index >= 15 is 0 Å². The number of hydrogen-bond acceptors (Lipinski definition) is 2. The molecular formula is C123H106N2. The van der Waals surface area contributed by atoms with Crippen LogP contribution >= 0.6 is 0 Å². The van der Waals surface area contributed by atoms with Crippen LogP contribution in [-0.4, -0.2) is 0 Å². The molecule has 0 heterocycles. The molecule has 3 unspecified atom stereocenters. The van der Waals surface area contributed by atoms with Crippen molar-refractivity contribution >= 4 is 44.9 Å². The lowest BCUT2D eigenvalue weighted by atomic mass is 9.42.